The van der Waals surface area contributed by atoms with E-state index in [2.05, 4.69) is 0 Å². The maximum absolute atomic E-state index is 13.3. The lowest BCUT2D eigenvalue weighted by molar-refractivity contribution is -0.134. The molecule has 29 heavy (non-hydrogen) atoms. The van der Waals surface area contributed by atoms with Gasteiger partial charge in [0.25, 0.3) is 0 Å². The Kier molecular flexibility index (Phi) is 8.05. The van der Waals surface area contributed by atoms with Gasteiger partial charge in [0, 0.05) is 30.8 Å². The number of carbonyl (C=O) groups is 3. The molecule has 1 saturated carbocycles. The molecule has 1 fully saturated rings. The van der Waals surface area contributed by atoms with Gasteiger partial charge in [-0.1, -0.05) is 33.1 Å². The summed E-state index contributed by atoms with van der Waals surface area (Å²) < 4.78 is 6.88. The van der Waals surface area contributed by atoms with Crippen LogP contribution in [0.4, 0.5) is 0 Å². The molecule has 1 heterocycles. The monoisotopic (exact) mass is 404 g/mol. The highest BCUT2D eigenvalue weighted by Crippen LogP contribution is 2.27. The van der Waals surface area contributed by atoms with Gasteiger partial charge < -0.3 is 14.2 Å². The number of aromatic nitrogens is 1. The summed E-state index contributed by atoms with van der Waals surface area (Å²) in [6, 6.07) is 0.132. The largest absolute Gasteiger partial charge is 0.461 e. The van der Waals surface area contributed by atoms with Crippen LogP contribution in [0.15, 0.2) is 0 Å². The van der Waals surface area contributed by atoms with Gasteiger partial charge in [0.2, 0.25) is 5.91 Å². The van der Waals surface area contributed by atoms with E-state index in [1.807, 2.05) is 20.8 Å². The minimum atomic E-state index is -0.422. The van der Waals surface area contributed by atoms with Gasteiger partial charge in [-0.05, 0) is 45.1 Å². The third-order valence-electron chi connectivity index (χ3n) is 5.91. The number of carbonyl (C=O) groups excluding carboxylic acids is 3. The molecule has 0 N–H and O–H groups in total. The smallest absolute Gasteiger partial charge is 0.355 e. The summed E-state index contributed by atoms with van der Waals surface area (Å²) in [5, 5.41) is 0. The van der Waals surface area contributed by atoms with Crippen molar-refractivity contribution >= 4 is 17.7 Å². The highest BCUT2D eigenvalue weighted by molar-refractivity contribution is 6.04. The molecular weight excluding hydrogens is 368 g/mol. The molecule has 0 spiro atoms. The summed E-state index contributed by atoms with van der Waals surface area (Å²) in [6.45, 7) is 9.79. The molecule has 6 heteroatoms. The Labute approximate surface area is 174 Å². The number of amides is 1. The quantitative estimate of drug-likeness (QED) is 0.481. The number of hydrogen-bond acceptors (Lipinski definition) is 4. The van der Waals surface area contributed by atoms with Gasteiger partial charge in [-0.15, -0.1) is 0 Å². The zero-order valence-electron chi connectivity index (χ0n) is 18.8. The standard InChI is InChI=1S/C23H36N2O4/c1-7-29-23(28)22-16(4)21(17(5)24(22)6)19(26)14-25(20(27)13-15(2)3)18-11-9-8-10-12-18/h15,18H,7-14H2,1-6H3. The Morgan fingerprint density at radius 2 is 1.76 bits per heavy atom. The van der Waals surface area contributed by atoms with Gasteiger partial charge in [-0.25, -0.2) is 4.79 Å². The van der Waals surface area contributed by atoms with Crippen molar-refractivity contribution in [2.45, 2.75) is 79.2 Å². The van der Waals surface area contributed by atoms with Crippen LogP contribution < -0.4 is 0 Å². The zero-order valence-corrected chi connectivity index (χ0v) is 18.8. The van der Waals surface area contributed by atoms with Gasteiger partial charge in [-0.2, -0.15) is 0 Å². The summed E-state index contributed by atoms with van der Waals surface area (Å²) >= 11 is 0. The molecule has 6 nitrogen and oxygen atoms in total. The Morgan fingerprint density at radius 3 is 2.31 bits per heavy atom. The second-order valence-corrected chi connectivity index (χ2v) is 8.55. The Bertz CT molecular complexity index is 757. The van der Waals surface area contributed by atoms with E-state index in [1.54, 1.807) is 30.4 Å². The fraction of sp³-hybridized carbons (Fsp3) is 0.696. The van der Waals surface area contributed by atoms with Crippen LogP contribution in [0.3, 0.4) is 0 Å². The van der Waals surface area contributed by atoms with Crippen LogP contribution in [0.5, 0.6) is 0 Å². The molecule has 1 aromatic rings. The van der Waals surface area contributed by atoms with Gasteiger partial charge in [-0.3, -0.25) is 9.59 Å². The highest BCUT2D eigenvalue weighted by atomic mass is 16.5. The predicted molar refractivity (Wildman–Crippen MR) is 113 cm³/mol. The SMILES string of the molecule is CCOC(=O)c1c(C)c(C(=O)CN(C(=O)CC(C)C)C2CCCCC2)c(C)n1C. The van der Waals surface area contributed by atoms with Gasteiger partial charge in [0.05, 0.1) is 13.2 Å². The fourth-order valence-electron chi connectivity index (χ4n) is 4.39. The van der Waals surface area contributed by atoms with Crippen molar-refractivity contribution in [1.29, 1.82) is 0 Å². The number of ketones is 1. The topological polar surface area (TPSA) is 68.6 Å². The summed E-state index contributed by atoms with van der Waals surface area (Å²) in [5.41, 5.74) is 2.31. The first-order valence-electron chi connectivity index (χ1n) is 10.8. The van der Waals surface area contributed by atoms with Crippen molar-refractivity contribution in [3.8, 4) is 0 Å². The molecular formula is C23H36N2O4. The summed E-state index contributed by atoms with van der Waals surface area (Å²) in [5.74, 6) is -0.222. The highest BCUT2D eigenvalue weighted by Gasteiger charge is 2.31. The van der Waals surface area contributed by atoms with Crippen LogP contribution in [0.2, 0.25) is 0 Å². The Balaban J connectivity index is 2.32. The molecule has 0 bridgehead atoms. The minimum Gasteiger partial charge on any atom is -0.461 e. The molecule has 1 aliphatic rings. The zero-order chi connectivity index (χ0) is 21.7. The van der Waals surface area contributed by atoms with E-state index in [-0.39, 0.29) is 36.8 Å². The number of nitrogens with zero attached hydrogens (tertiary/aromatic N) is 2. The minimum absolute atomic E-state index is 0.0529. The maximum Gasteiger partial charge on any atom is 0.355 e. The second-order valence-electron chi connectivity index (χ2n) is 8.55. The third-order valence-corrected chi connectivity index (χ3v) is 5.91. The molecule has 1 amide bonds. The first kappa shape index (κ1) is 23.2. The van der Waals surface area contributed by atoms with Gasteiger partial charge in [0.15, 0.2) is 5.78 Å². The molecule has 0 atom stereocenters. The number of Topliss-reactive ketones (excluding diaryl/α,β-unsaturated/α-hetero) is 1. The molecule has 0 radical (unpaired) electrons. The lowest BCUT2D eigenvalue weighted by Gasteiger charge is -2.34. The van der Waals surface area contributed by atoms with E-state index in [0.717, 1.165) is 31.4 Å². The summed E-state index contributed by atoms with van der Waals surface area (Å²) in [7, 11) is 1.77. The average Bonchev–Trinajstić information content (AvgIpc) is 2.88. The van der Waals surface area contributed by atoms with Gasteiger partial charge in [0.1, 0.15) is 5.69 Å². The number of esters is 1. The Morgan fingerprint density at radius 1 is 1.14 bits per heavy atom. The van der Waals surface area contributed by atoms with Crippen LogP contribution in [-0.4, -0.2) is 46.3 Å². The number of hydrogen-bond donors (Lipinski definition) is 0. The van der Waals surface area contributed by atoms with Crippen LogP contribution in [0.1, 0.15) is 91.4 Å². The Hall–Kier alpha value is -2.11. The van der Waals surface area contributed by atoms with E-state index >= 15 is 0 Å². The lowest BCUT2D eigenvalue weighted by atomic mass is 9.93. The number of ether oxygens (including phenoxy) is 1. The van der Waals surface area contributed by atoms with Crippen molar-refractivity contribution in [1.82, 2.24) is 9.47 Å². The van der Waals surface area contributed by atoms with E-state index in [4.69, 9.17) is 4.74 Å². The molecule has 162 valence electrons. The van der Waals surface area contributed by atoms with Crippen LogP contribution in [0.25, 0.3) is 0 Å². The molecule has 1 aromatic heterocycles. The van der Waals surface area contributed by atoms with E-state index in [0.29, 0.717) is 23.2 Å². The first-order valence-corrected chi connectivity index (χ1v) is 10.8. The lowest BCUT2D eigenvalue weighted by Crippen LogP contribution is -2.45. The van der Waals surface area contributed by atoms with Crippen molar-refractivity contribution < 1.29 is 19.1 Å². The molecule has 2 rings (SSSR count). The predicted octanol–water partition coefficient (Wildman–Crippen LogP) is 4.21. The van der Waals surface area contributed by atoms with Crippen molar-refractivity contribution in [3.05, 3.63) is 22.5 Å². The van der Waals surface area contributed by atoms with Crippen molar-refractivity contribution in [2.75, 3.05) is 13.2 Å². The normalized spacial score (nSPS) is 14.9. The van der Waals surface area contributed by atoms with Crippen molar-refractivity contribution in [2.24, 2.45) is 13.0 Å². The summed E-state index contributed by atoms with van der Waals surface area (Å²) in [6.07, 6.45) is 5.75. The molecule has 0 aliphatic heterocycles. The second kappa shape index (κ2) is 10.1. The van der Waals surface area contributed by atoms with Gasteiger partial charge >= 0.3 is 5.97 Å². The van der Waals surface area contributed by atoms with Crippen LogP contribution >= 0.6 is 0 Å². The molecule has 0 aromatic carbocycles. The maximum atomic E-state index is 13.3. The molecule has 0 saturated heterocycles. The van der Waals surface area contributed by atoms with Crippen LogP contribution in [0, 0.1) is 19.8 Å². The fourth-order valence-corrected chi connectivity index (χ4v) is 4.39. The molecule has 0 unspecified atom stereocenters. The van der Waals surface area contributed by atoms with Crippen LogP contribution in [-0.2, 0) is 16.6 Å². The third kappa shape index (κ3) is 5.28. The molecule has 1 aliphatic carbocycles. The van der Waals surface area contributed by atoms with E-state index in [1.165, 1.54) is 6.42 Å². The van der Waals surface area contributed by atoms with Crippen molar-refractivity contribution in [3.63, 3.8) is 0 Å². The average molecular weight is 405 g/mol. The van der Waals surface area contributed by atoms with E-state index in [9.17, 15) is 14.4 Å². The first-order chi connectivity index (χ1) is 13.7. The summed E-state index contributed by atoms with van der Waals surface area (Å²) in [4.78, 5) is 40.4. The van der Waals surface area contributed by atoms with E-state index < -0.39 is 5.97 Å². The number of rotatable bonds is 8.